The van der Waals surface area contributed by atoms with Gasteiger partial charge in [-0.2, -0.15) is 4.98 Å². The van der Waals surface area contributed by atoms with Gasteiger partial charge in [0.1, 0.15) is 10.8 Å². The molecule has 0 aliphatic carbocycles. The first-order valence-corrected chi connectivity index (χ1v) is 14.6. The zero-order chi connectivity index (χ0) is 28.3. The van der Waals surface area contributed by atoms with Crippen LogP contribution in [0.4, 0.5) is 28.8 Å². The van der Waals surface area contributed by atoms with Gasteiger partial charge in [0, 0.05) is 56.1 Å². The largest absolute Gasteiger partial charge is 0.494 e. The van der Waals surface area contributed by atoms with Crippen LogP contribution in [0.2, 0.25) is 5.02 Å². The average Bonchev–Trinajstić information content (AvgIpc) is 3.47. The topological polar surface area (TPSA) is 112 Å². The van der Waals surface area contributed by atoms with Crippen LogP contribution in [0.1, 0.15) is 21.1 Å². The highest BCUT2D eigenvalue weighted by Gasteiger charge is 2.24. The molecule has 2 aliphatic heterocycles. The number of methoxy groups -OCH3 is 1. The van der Waals surface area contributed by atoms with Crippen molar-refractivity contribution in [2.24, 2.45) is 0 Å². The molecule has 6 rings (SSSR count). The number of anilines is 5. The third-order valence-corrected chi connectivity index (χ3v) is 8.49. The lowest BCUT2D eigenvalue weighted by atomic mass is 10.1. The number of benzene rings is 1. The number of carbonyl (C=O) groups is 1. The molecule has 11 nitrogen and oxygen atoms in total. The summed E-state index contributed by atoms with van der Waals surface area (Å²) < 4.78 is 5.79. The zero-order valence-corrected chi connectivity index (χ0v) is 24.4. The van der Waals surface area contributed by atoms with Crippen LogP contribution in [0.25, 0.3) is 0 Å². The Morgan fingerprint density at radius 3 is 2.63 bits per heavy atom. The van der Waals surface area contributed by atoms with E-state index in [1.165, 1.54) is 10.4 Å². The Hall–Kier alpha value is -4.00. The number of nitrogens with zero attached hydrogens (tertiary/aromatic N) is 7. The number of rotatable bonds is 7. The second-order valence-electron chi connectivity index (χ2n) is 9.92. The molecule has 5 heterocycles. The van der Waals surface area contributed by atoms with Crippen molar-refractivity contribution in [2.45, 2.75) is 13.0 Å². The fourth-order valence-electron chi connectivity index (χ4n) is 5.02. The summed E-state index contributed by atoms with van der Waals surface area (Å²) in [6.45, 7) is 5.00. The highest BCUT2D eigenvalue weighted by atomic mass is 35.5. The third-order valence-electron chi connectivity index (χ3n) is 7.27. The summed E-state index contributed by atoms with van der Waals surface area (Å²) >= 11 is 8.31. The van der Waals surface area contributed by atoms with Gasteiger partial charge in [0.2, 0.25) is 11.8 Å². The Morgan fingerprint density at radius 1 is 1.05 bits per heavy atom. The molecule has 13 heteroatoms. The smallest absolute Gasteiger partial charge is 0.293 e. The Morgan fingerprint density at radius 2 is 1.85 bits per heavy atom. The predicted molar refractivity (Wildman–Crippen MR) is 162 cm³/mol. The van der Waals surface area contributed by atoms with Gasteiger partial charge in [0.15, 0.2) is 5.82 Å². The summed E-state index contributed by atoms with van der Waals surface area (Å²) in [5.41, 5.74) is 3.44. The number of nitrogens with one attached hydrogen (secondary N) is 2. The summed E-state index contributed by atoms with van der Waals surface area (Å²) in [6, 6.07) is 7.62. The van der Waals surface area contributed by atoms with Crippen molar-refractivity contribution in [1.82, 2.24) is 24.8 Å². The lowest BCUT2D eigenvalue weighted by molar-refractivity contribution is 0.101. The molecule has 0 bridgehead atoms. The molecule has 0 atom stereocenters. The standard InChI is InChI=1S/C28H30ClN9O2S/c1-36-9-11-37(12-10-36)22-15-23(40-2)21(14-20(22)33-27(39)25-30-6-3-7-31-25)34-28-32-16-19(29)26(35-28)38-8-4-18-5-13-41-24(18)17-38/h3,5-7,13-16H,4,8-12,17H2,1-2H3,(H,33,39)(H,32,34,35). The SMILES string of the molecule is COc1cc(N2CCN(C)CC2)c(NC(=O)c2ncccn2)cc1Nc1ncc(Cl)c(N2CCc3ccsc3C2)n1. The number of thiophene rings is 1. The van der Waals surface area contributed by atoms with Gasteiger partial charge in [0.05, 0.1) is 36.9 Å². The van der Waals surface area contributed by atoms with Gasteiger partial charge in [-0.1, -0.05) is 11.6 Å². The molecule has 1 amide bonds. The number of amides is 1. The van der Waals surface area contributed by atoms with E-state index in [0.717, 1.165) is 51.4 Å². The van der Waals surface area contributed by atoms with Crippen molar-refractivity contribution < 1.29 is 9.53 Å². The van der Waals surface area contributed by atoms with Gasteiger partial charge >= 0.3 is 0 Å². The van der Waals surface area contributed by atoms with Crippen LogP contribution in [0.15, 0.2) is 48.2 Å². The Balaban J connectivity index is 1.32. The van der Waals surface area contributed by atoms with Gasteiger partial charge in [0.25, 0.3) is 5.91 Å². The quantitative estimate of drug-likeness (QED) is 0.323. The van der Waals surface area contributed by atoms with Crippen molar-refractivity contribution in [3.63, 3.8) is 0 Å². The van der Waals surface area contributed by atoms with E-state index in [1.807, 2.05) is 12.1 Å². The molecular formula is C28H30ClN9O2S. The molecule has 0 unspecified atom stereocenters. The summed E-state index contributed by atoms with van der Waals surface area (Å²) in [5.74, 6) is 1.32. The summed E-state index contributed by atoms with van der Waals surface area (Å²) in [7, 11) is 3.72. The third kappa shape index (κ3) is 5.90. The second-order valence-corrected chi connectivity index (χ2v) is 11.3. The van der Waals surface area contributed by atoms with Crippen molar-refractivity contribution in [3.05, 3.63) is 69.5 Å². The summed E-state index contributed by atoms with van der Waals surface area (Å²) in [6.07, 6.45) is 5.64. The van der Waals surface area contributed by atoms with E-state index < -0.39 is 5.91 Å². The molecule has 0 radical (unpaired) electrons. The first-order chi connectivity index (χ1) is 20.0. The number of carbonyl (C=O) groups excluding carboxylic acids is 1. The Kier molecular flexibility index (Phi) is 7.86. The van der Waals surface area contributed by atoms with E-state index in [0.29, 0.717) is 33.9 Å². The first kappa shape index (κ1) is 27.2. The fourth-order valence-corrected chi connectivity index (χ4v) is 6.18. The van der Waals surface area contributed by atoms with Crippen LogP contribution in [0.5, 0.6) is 5.75 Å². The maximum absolute atomic E-state index is 13.1. The number of aromatic nitrogens is 4. The minimum Gasteiger partial charge on any atom is -0.494 e. The minimum atomic E-state index is -0.403. The van der Waals surface area contributed by atoms with Crippen LogP contribution in [0, 0.1) is 0 Å². The molecule has 212 valence electrons. The Labute approximate surface area is 247 Å². The van der Waals surface area contributed by atoms with Crippen molar-refractivity contribution in [2.75, 3.05) is 67.3 Å². The number of halogens is 1. The summed E-state index contributed by atoms with van der Waals surface area (Å²) in [5, 5.41) is 8.92. The van der Waals surface area contributed by atoms with Gasteiger partial charge in [-0.05, 0) is 42.6 Å². The highest BCUT2D eigenvalue weighted by molar-refractivity contribution is 7.10. The molecule has 1 aromatic carbocycles. The molecule has 0 spiro atoms. The van der Waals surface area contributed by atoms with Crippen LogP contribution < -0.4 is 25.2 Å². The number of likely N-dealkylation sites (N-methyl/N-ethyl adjacent to an activating group) is 1. The number of hydrogen-bond acceptors (Lipinski definition) is 11. The van der Waals surface area contributed by atoms with E-state index in [1.54, 1.807) is 43.1 Å². The van der Waals surface area contributed by atoms with Crippen molar-refractivity contribution in [1.29, 1.82) is 0 Å². The average molecular weight is 592 g/mol. The lowest BCUT2D eigenvalue weighted by Crippen LogP contribution is -2.44. The molecule has 0 saturated carbocycles. The van der Waals surface area contributed by atoms with Gasteiger partial charge in [-0.25, -0.2) is 15.0 Å². The molecule has 2 aliphatic rings. The maximum atomic E-state index is 13.1. The van der Waals surface area contributed by atoms with Crippen LogP contribution in [-0.4, -0.2) is 77.6 Å². The monoisotopic (exact) mass is 591 g/mol. The van der Waals surface area contributed by atoms with E-state index in [-0.39, 0.29) is 5.82 Å². The number of hydrogen-bond donors (Lipinski definition) is 2. The fraction of sp³-hybridized carbons (Fsp3) is 0.321. The molecule has 2 N–H and O–H groups in total. The predicted octanol–water partition coefficient (Wildman–Crippen LogP) is 4.30. The van der Waals surface area contributed by atoms with E-state index >= 15 is 0 Å². The van der Waals surface area contributed by atoms with Gasteiger partial charge in [-0.15, -0.1) is 11.3 Å². The Bertz CT molecular complexity index is 1540. The lowest BCUT2D eigenvalue weighted by Gasteiger charge is -2.35. The molecule has 1 saturated heterocycles. The maximum Gasteiger partial charge on any atom is 0.293 e. The number of ether oxygens (including phenoxy) is 1. The highest BCUT2D eigenvalue weighted by Crippen LogP contribution is 2.39. The van der Waals surface area contributed by atoms with E-state index in [4.69, 9.17) is 21.3 Å². The summed E-state index contributed by atoms with van der Waals surface area (Å²) in [4.78, 5) is 38.5. The molecule has 1 fully saturated rings. The van der Waals surface area contributed by atoms with E-state index in [2.05, 4.69) is 58.8 Å². The molecule has 41 heavy (non-hydrogen) atoms. The number of piperazine rings is 1. The van der Waals surface area contributed by atoms with Crippen LogP contribution >= 0.6 is 22.9 Å². The second kappa shape index (κ2) is 11.9. The van der Waals surface area contributed by atoms with Crippen LogP contribution in [-0.2, 0) is 13.0 Å². The van der Waals surface area contributed by atoms with E-state index in [9.17, 15) is 4.79 Å². The van der Waals surface area contributed by atoms with Gasteiger partial charge < -0.3 is 30.1 Å². The molecule has 3 aromatic heterocycles. The zero-order valence-electron chi connectivity index (χ0n) is 22.8. The van der Waals surface area contributed by atoms with Crippen LogP contribution in [0.3, 0.4) is 0 Å². The number of fused-ring (bicyclic) bond motifs is 1. The minimum absolute atomic E-state index is 0.0864. The normalized spacial score (nSPS) is 15.4. The first-order valence-electron chi connectivity index (χ1n) is 13.3. The van der Waals surface area contributed by atoms with Crippen molar-refractivity contribution in [3.8, 4) is 5.75 Å². The molecular weight excluding hydrogens is 562 g/mol. The van der Waals surface area contributed by atoms with Gasteiger partial charge in [-0.3, -0.25) is 4.79 Å². The van der Waals surface area contributed by atoms with Crippen molar-refractivity contribution >= 4 is 57.7 Å². The molecule has 4 aromatic rings.